The molecule has 116 valence electrons. The van der Waals surface area contributed by atoms with Gasteiger partial charge in [-0.2, -0.15) is 0 Å². The predicted octanol–water partition coefficient (Wildman–Crippen LogP) is 2.07. The fourth-order valence-corrected chi connectivity index (χ4v) is 2.28. The van der Waals surface area contributed by atoms with Crippen LogP contribution in [0, 0.1) is 11.6 Å². The molecule has 1 heterocycles. The second kappa shape index (κ2) is 6.85. The molecule has 1 aromatic rings. The number of hydrogen-bond donors (Lipinski definition) is 1. The van der Waals surface area contributed by atoms with Gasteiger partial charge in [-0.05, 0) is 30.7 Å². The molecular weight excluding hydrogens is 278 g/mol. The molecule has 1 atom stereocenters. The SMILES string of the molecule is CCCNCc1cc(F)c(OC2CCN(C)C2=O)c(F)c1. The summed E-state index contributed by atoms with van der Waals surface area (Å²) in [6.07, 6.45) is 0.584. The minimum Gasteiger partial charge on any atom is -0.474 e. The van der Waals surface area contributed by atoms with E-state index in [2.05, 4.69) is 5.32 Å². The number of benzene rings is 1. The monoisotopic (exact) mass is 298 g/mol. The van der Waals surface area contributed by atoms with Gasteiger partial charge >= 0.3 is 0 Å². The highest BCUT2D eigenvalue weighted by atomic mass is 19.1. The molecule has 6 heteroatoms. The van der Waals surface area contributed by atoms with E-state index < -0.39 is 23.5 Å². The van der Waals surface area contributed by atoms with E-state index in [1.54, 1.807) is 7.05 Å². The van der Waals surface area contributed by atoms with Gasteiger partial charge in [0.25, 0.3) is 5.91 Å². The number of nitrogens with one attached hydrogen (secondary N) is 1. The van der Waals surface area contributed by atoms with Crippen LogP contribution in [0.4, 0.5) is 8.78 Å². The highest BCUT2D eigenvalue weighted by molar-refractivity contribution is 5.83. The molecular formula is C15H20F2N2O2. The molecule has 1 saturated heterocycles. The predicted molar refractivity (Wildman–Crippen MR) is 75.0 cm³/mol. The third kappa shape index (κ3) is 3.69. The van der Waals surface area contributed by atoms with Gasteiger partial charge in [-0.1, -0.05) is 6.92 Å². The topological polar surface area (TPSA) is 41.6 Å². The number of carbonyl (C=O) groups is 1. The Kier molecular flexibility index (Phi) is 5.12. The Morgan fingerprint density at radius 2 is 2.05 bits per heavy atom. The molecule has 1 aliphatic rings. The lowest BCUT2D eigenvalue weighted by Crippen LogP contribution is -2.30. The zero-order valence-electron chi connectivity index (χ0n) is 12.3. The molecule has 1 fully saturated rings. The standard InChI is InChI=1S/C15H20F2N2O2/c1-3-5-18-9-10-7-11(16)14(12(17)8-10)21-13-4-6-19(2)15(13)20/h7-8,13,18H,3-6,9H2,1-2H3. The van der Waals surface area contributed by atoms with Crippen molar-refractivity contribution in [3.8, 4) is 5.75 Å². The number of amides is 1. The molecule has 2 rings (SSSR count). The van der Waals surface area contributed by atoms with E-state index in [0.717, 1.165) is 13.0 Å². The van der Waals surface area contributed by atoms with Crippen molar-refractivity contribution in [1.82, 2.24) is 10.2 Å². The molecule has 0 radical (unpaired) electrons. The largest absolute Gasteiger partial charge is 0.474 e. The zero-order valence-corrected chi connectivity index (χ0v) is 12.3. The molecule has 21 heavy (non-hydrogen) atoms. The first-order chi connectivity index (χ1) is 10.0. The maximum Gasteiger partial charge on any atom is 0.263 e. The van der Waals surface area contributed by atoms with Gasteiger partial charge in [-0.25, -0.2) is 8.78 Å². The molecule has 1 aliphatic heterocycles. The van der Waals surface area contributed by atoms with Gasteiger partial charge < -0.3 is 15.0 Å². The average Bonchev–Trinajstić information content (AvgIpc) is 2.75. The number of carbonyl (C=O) groups excluding carboxylic acids is 1. The molecule has 1 aromatic carbocycles. The van der Waals surface area contributed by atoms with E-state index >= 15 is 0 Å². The Morgan fingerprint density at radius 3 is 2.57 bits per heavy atom. The van der Waals surface area contributed by atoms with Crippen LogP contribution in [0.5, 0.6) is 5.75 Å². The van der Waals surface area contributed by atoms with Gasteiger partial charge in [-0.3, -0.25) is 4.79 Å². The quantitative estimate of drug-likeness (QED) is 0.818. The Bertz CT molecular complexity index is 499. The van der Waals surface area contributed by atoms with Crippen molar-refractivity contribution in [1.29, 1.82) is 0 Å². The lowest BCUT2D eigenvalue weighted by atomic mass is 10.2. The van der Waals surface area contributed by atoms with Gasteiger partial charge in [0.05, 0.1) is 0 Å². The summed E-state index contributed by atoms with van der Waals surface area (Å²) in [7, 11) is 1.64. The van der Waals surface area contributed by atoms with E-state index in [0.29, 0.717) is 25.1 Å². The number of nitrogens with zero attached hydrogens (tertiary/aromatic N) is 1. The van der Waals surface area contributed by atoms with Crippen LogP contribution in [0.15, 0.2) is 12.1 Å². The molecule has 0 aromatic heterocycles. The fraction of sp³-hybridized carbons (Fsp3) is 0.533. The van der Waals surface area contributed by atoms with Crippen molar-refractivity contribution in [2.75, 3.05) is 20.1 Å². The summed E-state index contributed by atoms with van der Waals surface area (Å²) < 4.78 is 33.2. The Morgan fingerprint density at radius 1 is 1.38 bits per heavy atom. The smallest absolute Gasteiger partial charge is 0.263 e. The minimum absolute atomic E-state index is 0.248. The summed E-state index contributed by atoms with van der Waals surface area (Å²) in [5, 5.41) is 3.08. The average molecular weight is 298 g/mol. The molecule has 0 spiro atoms. The Hall–Kier alpha value is -1.69. The van der Waals surface area contributed by atoms with Crippen LogP contribution >= 0.6 is 0 Å². The Balaban J connectivity index is 2.08. The van der Waals surface area contributed by atoms with Gasteiger partial charge in [-0.15, -0.1) is 0 Å². The van der Waals surface area contributed by atoms with Crippen LogP contribution in [0.1, 0.15) is 25.3 Å². The molecule has 1 unspecified atom stereocenters. The highest BCUT2D eigenvalue weighted by Gasteiger charge is 2.32. The number of likely N-dealkylation sites (tertiary alicyclic amines) is 1. The maximum atomic E-state index is 14.0. The van der Waals surface area contributed by atoms with Crippen molar-refractivity contribution in [3.63, 3.8) is 0 Å². The van der Waals surface area contributed by atoms with E-state index in [9.17, 15) is 13.6 Å². The van der Waals surface area contributed by atoms with Crippen molar-refractivity contribution in [2.24, 2.45) is 0 Å². The van der Waals surface area contributed by atoms with Crippen LogP contribution in [0.2, 0.25) is 0 Å². The van der Waals surface area contributed by atoms with Crippen molar-refractivity contribution < 1.29 is 18.3 Å². The number of likely N-dealkylation sites (N-methyl/N-ethyl adjacent to an activating group) is 1. The second-order valence-corrected chi connectivity index (χ2v) is 5.22. The molecule has 0 saturated carbocycles. The minimum atomic E-state index is -0.803. The zero-order chi connectivity index (χ0) is 15.4. The van der Waals surface area contributed by atoms with Crippen LogP contribution < -0.4 is 10.1 Å². The third-order valence-corrected chi connectivity index (χ3v) is 3.45. The number of ether oxygens (including phenoxy) is 1. The molecule has 1 N–H and O–H groups in total. The van der Waals surface area contributed by atoms with E-state index in [4.69, 9.17) is 4.74 Å². The summed E-state index contributed by atoms with van der Waals surface area (Å²) in [6, 6.07) is 2.48. The first-order valence-electron chi connectivity index (χ1n) is 7.13. The lowest BCUT2D eigenvalue weighted by molar-refractivity contribution is -0.132. The van der Waals surface area contributed by atoms with Gasteiger partial charge in [0.15, 0.2) is 23.5 Å². The molecule has 0 bridgehead atoms. The molecule has 4 nitrogen and oxygen atoms in total. The van der Waals surface area contributed by atoms with Gasteiger partial charge in [0, 0.05) is 26.6 Å². The van der Waals surface area contributed by atoms with Crippen LogP contribution in [-0.2, 0) is 11.3 Å². The van der Waals surface area contributed by atoms with Gasteiger partial charge in [0.2, 0.25) is 0 Å². The summed E-state index contributed by atoms with van der Waals surface area (Å²) in [4.78, 5) is 13.2. The van der Waals surface area contributed by atoms with Crippen molar-refractivity contribution >= 4 is 5.91 Å². The first-order valence-corrected chi connectivity index (χ1v) is 7.13. The summed E-state index contributed by atoms with van der Waals surface area (Å²) in [5.41, 5.74) is 0.515. The Labute approximate surface area is 123 Å². The van der Waals surface area contributed by atoms with E-state index in [-0.39, 0.29) is 5.91 Å². The summed E-state index contributed by atoms with van der Waals surface area (Å²) >= 11 is 0. The maximum absolute atomic E-state index is 14.0. The van der Waals surface area contributed by atoms with E-state index in [1.807, 2.05) is 6.92 Å². The van der Waals surface area contributed by atoms with Crippen molar-refractivity contribution in [2.45, 2.75) is 32.4 Å². The summed E-state index contributed by atoms with van der Waals surface area (Å²) in [6.45, 7) is 3.73. The molecule has 1 amide bonds. The van der Waals surface area contributed by atoms with Crippen LogP contribution in [-0.4, -0.2) is 37.0 Å². The number of rotatable bonds is 6. The number of hydrogen-bond acceptors (Lipinski definition) is 3. The van der Waals surface area contributed by atoms with Gasteiger partial charge in [0.1, 0.15) is 0 Å². The van der Waals surface area contributed by atoms with Crippen LogP contribution in [0.3, 0.4) is 0 Å². The third-order valence-electron chi connectivity index (χ3n) is 3.45. The first kappa shape index (κ1) is 15.7. The highest BCUT2D eigenvalue weighted by Crippen LogP contribution is 2.26. The normalized spacial score (nSPS) is 18.4. The fourth-order valence-electron chi connectivity index (χ4n) is 2.28. The lowest BCUT2D eigenvalue weighted by Gasteiger charge is -2.15. The number of halogens is 2. The second-order valence-electron chi connectivity index (χ2n) is 5.22. The molecule has 0 aliphatic carbocycles. The van der Waals surface area contributed by atoms with Crippen molar-refractivity contribution in [3.05, 3.63) is 29.3 Å². The van der Waals surface area contributed by atoms with Crippen LogP contribution in [0.25, 0.3) is 0 Å². The van der Waals surface area contributed by atoms with E-state index in [1.165, 1.54) is 17.0 Å². The summed E-state index contributed by atoms with van der Waals surface area (Å²) in [5.74, 6) is -2.26.